The van der Waals surface area contributed by atoms with E-state index in [1.807, 2.05) is 48.5 Å². The van der Waals surface area contributed by atoms with Crippen molar-refractivity contribution in [2.45, 2.75) is 158 Å². The molecule has 4 aromatic rings. The average molecular weight is 1240 g/mol. The molecule has 0 bridgehead atoms. The molecule has 4 aliphatic rings. The van der Waals surface area contributed by atoms with Crippen molar-refractivity contribution in [3.05, 3.63) is 108 Å². The molecule has 7 amide bonds. The van der Waals surface area contributed by atoms with Gasteiger partial charge in [0, 0.05) is 44.0 Å². The third-order valence-corrected chi connectivity index (χ3v) is 16.9. The van der Waals surface area contributed by atoms with Crippen LogP contribution < -0.4 is 31.3 Å². The number of likely N-dealkylation sites (tertiary alicyclic amines) is 1. The van der Waals surface area contributed by atoms with Crippen molar-refractivity contribution in [1.29, 1.82) is 0 Å². The van der Waals surface area contributed by atoms with Crippen molar-refractivity contribution < 1.29 is 83.9 Å². The first kappa shape index (κ1) is 67.3. The van der Waals surface area contributed by atoms with Crippen molar-refractivity contribution in [3.8, 4) is 33.8 Å². The summed E-state index contributed by atoms with van der Waals surface area (Å²) in [6.45, 7) is 7.39. The van der Waals surface area contributed by atoms with Gasteiger partial charge in [-0.2, -0.15) is 0 Å². The number of ether oxygens (including phenoxy) is 2. The Kier molecular flexibility index (Phi) is 23.3. The number of nitrogens with zero attached hydrogens (tertiary/aromatic N) is 3. The van der Waals surface area contributed by atoms with Gasteiger partial charge < -0.3 is 91.6 Å². The van der Waals surface area contributed by atoms with Crippen molar-refractivity contribution >= 4 is 41.4 Å². The third kappa shape index (κ3) is 16.8. The second-order valence-electron chi connectivity index (χ2n) is 23.7. The molecule has 25 nitrogen and oxygen atoms in total. The lowest BCUT2D eigenvalue weighted by Gasteiger charge is -2.34. The zero-order chi connectivity index (χ0) is 64.2. The number of aliphatic hydroxyl groups excluding tert-OH is 7. The Morgan fingerprint density at radius 2 is 1.19 bits per heavy atom. The Hall–Kier alpha value is -7.59. The molecular weight excluding hydrogens is 1150 g/mol. The number of hydrogen-bond acceptors (Lipinski definition) is 18. The molecule has 0 saturated carbocycles. The fourth-order valence-corrected chi connectivity index (χ4v) is 11.7. The monoisotopic (exact) mass is 1240 g/mol. The van der Waals surface area contributed by atoms with Crippen LogP contribution in [-0.4, -0.2) is 222 Å². The molecule has 0 unspecified atom stereocenters. The molecule has 0 radical (unpaired) electrons. The number of carbonyl (C=O) groups is 7. The average Bonchev–Trinajstić information content (AvgIpc) is 2.17. The summed E-state index contributed by atoms with van der Waals surface area (Å²) in [5.74, 6) is -8.17. The van der Waals surface area contributed by atoms with E-state index in [4.69, 9.17) is 9.47 Å². The van der Waals surface area contributed by atoms with Crippen LogP contribution in [0.1, 0.15) is 94.7 Å². The van der Waals surface area contributed by atoms with Gasteiger partial charge in [0.2, 0.25) is 35.4 Å². The number of nitrogens with one attached hydrogen (secondary N) is 5. The number of aromatic hydroxyl groups is 1. The van der Waals surface area contributed by atoms with Gasteiger partial charge in [0.05, 0.1) is 37.6 Å². The van der Waals surface area contributed by atoms with Crippen LogP contribution in [0.2, 0.25) is 0 Å². The van der Waals surface area contributed by atoms with E-state index < -0.39 is 152 Å². The number of unbranched alkanes of at least 4 members (excludes halogenated alkanes) is 2. The van der Waals surface area contributed by atoms with E-state index in [0.717, 1.165) is 96.8 Å². The van der Waals surface area contributed by atoms with Crippen LogP contribution in [0.3, 0.4) is 0 Å². The van der Waals surface area contributed by atoms with E-state index in [9.17, 15) is 74.4 Å². The minimum Gasteiger partial charge on any atom is -0.508 e. The topological polar surface area (TPSA) is 370 Å². The van der Waals surface area contributed by atoms with Gasteiger partial charge in [-0.1, -0.05) is 87.4 Å². The molecule has 8 rings (SSSR count). The molecule has 4 fully saturated rings. The van der Waals surface area contributed by atoms with Crippen LogP contribution in [0.15, 0.2) is 97.1 Å². The van der Waals surface area contributed by atoms with Crippen molar-refractivity contribution in [3.63, 3.8) is 0 Å². The quantitative estimate of drug-likeness (QED) is 0.0592. The molecule has 482 valence electrons. The second-order valence-corrected chi connectivity index (χ2v) is 23.7. The Bertz CT molecular complexity index is 3060. The number of phenolic OH excluding ortho intramolecular Hbond substituents is 1. The fourth-order valence-electron chi connectivity index (χ4n) is 11.7. The number of benzene rings is 4. The molecule has 15 atom stereocenters. The van der Waals surface area contributed by atoms with E-state index in [1.54, 1.807) is 12.1 Å². The highest BCUT2D eigenvalue weighted by Gasteiger charge is 2.50. The Morgan fingerprint density at radius 3 is 1.78 bits per heavy atom. The summed E-state index contributed by atoms with van der Waals surface area (Å²) >= 11 is 0. The van der Waals surface area contributed by atoms with Gasteiger partial charge in [-0.05, 0) is 110 Å². The zero-order valence-corrected chi connectivity index (χ0v) is 50.4. The first-order chi connectivity index (χ1) is 42.5. The van der Waals surface area contributed by atoms with Gasteiger partial charge in [0.15, 0.2) is 6.23 Å². The van der Waals surface area contributed by atoms with Crippen LogP contribution in [-0.2, 0) is 33.5 Å². The normalized spacial score (nSPS) is 27.4. The number of carbonyl (C=O) groups excluding carboxylic acids is 7. The molecular formula is C64H84N8O17. The van der Waals surface area contributed by atoms with E-state index in [-0.39, 0.29) is 30.0 Å². The summed E-state index contributed by atoms with van der Waals surface area (Å²) in [7, 11) is 0. The first-order valence-electron chi connectivity index (χ1n) is 30.5. The molecule has 89 heavy (non-hydrogen) atoms. The summed E-state index contributed by atoms with van der Waals surface area (Å²) in [5.41, 5.74) is 3.50. The molecule has 4 aromatic carbocycles. The largest absolute Gasteiger partial charge is 0.508 e. The van der Waals surface area contributed by atoms with E-state index >= 15 is 0 Å². The van der Waals surface area contributed by atoms with Gasteiger partial charge in [-0.3, -0.25) is 33.6 Å². The summed E-state index contributed by atoms with van der Waals surface area (Å²) < 4.78 is 12.0. The van der Waals surface area contributed by atoms with Gasteiger partial charge >= 0.3 is 0 Å². The lowest BCUT2D eigenvalue weighted by molar-refractivity contribution is -0.149. The smallest absolute Gasteiger partial charge is 0.251 e. The minimum atomic E-state index is -2.28. The Morgan fingerprint density at radius 1 is 0.640 bits per heavy atom. The Labute approximate surface area is 516 Å². The number of phenols is 1. The van der Waals surface area contributed by atoms with Crippen LogP contribution >= 0.6 is 0 Å². The molecule has 4 saturated heterocycles. The van der Waals surface area contributed by atoms with Gasteiger partial charge in [-0.15, -0.1) is 0 Å². The van der Waals surface area contributed by atoms with Gasteiger partial charge in [-0.25, -0.2) is 0 Å². The summed E-state index contributed by atoms with van der Waals surface area (Å²) in [6.07, 6.45) is -10.7. The maximum absolute atomic E-state index is 14.8. The summed E-state index contributed by atoms with van der Waals surface area (Å²) in [5, 5.41) is 103. The van der Waals surface area contributed by atoms with Crippen molar-refractivity contribution in [2.24, 2.45) is 5.92 Å². The molecule has 13 N–H and O–H groups in total. The molecule has 0 aromatic heterocycles. The lowest BCUT2D eigenvalue weighted by atomic mass is 9.96. The number of amides is 7. The van der Waals surface area contributed by atoms with Crippen molar-refractivity contribution in [1.82, 2.24) is 41.3 Å². The van der Waals surface area contributed by atoms with Crippen LogP contribution in [0.25, 0.3) is 22.3 Å². The molecule has 4 heterocycles. The zero-order valence-electron chi connectivity index (χ0n) is 50.4. The molecule has 25 heteroatoms. The summed E-state index contributed by atoms with van der Waals surface area (Å²) in [4.78, 5) is 106. The Balaban J connectivity index is 1.12. The number of rotatable bonds is 18. The number of fused-ring (bicyclic) bond motifs is 2. The fraction of sp³-hybridized carbons (Fsp3) is 0.516. The van der Waals surface area contributed by atoms with Crippen LogP contribution in [0, 0.1) is 5.92 Å². The molecule has 0 aliphatic carbocycles. The highest BCUT2D eigenvalue weighted by Crippen LogP contribution is 2.30. The lowest BCUT2D eigenvalue weighted by Crippen LogP contribution is -2.64. The van der Waals surface area contributed by atoms with Crippen LogP contribution in [0.4, 0.5) is 0 Å². The minimum absolute atomic E-state index is 0.0541. The predicted octanol–water partition coefficient (Wildman–Crippen LogP) is 0.193. The highest BCUT2D eigenvalue weighted by molar-refractivity contribution is 6.00. The summed E-state index contributed by atoms with van der Waals surface area (Å²) in [6, 6.07) is 15.4. The highest BCUT2D eigenvalue weighted by atomic mass is 16.5. The van der Waals surface area contributed by atoms with Crippen molar-refractivity contribution in [2.75, 3.05) is 45.9 Å². The first-order valence-corrected chi connectivity index (χ1v) is 30.5. The second kappa shape index (κ2) is 30.8. The maximum Gasteiger partial charge on any atom is 0.251 e. The van der Waals surface area contributed by atoms with Gasteiger partial charge in [0.1, 0.15) is 66.1 Å². The van der Waals surface area contributed by atoms with E-state index in [1.165, 1.54) is 43.3 Å². The maximum atomic E-state index is 14.8. The standard InChI is InChI=1S/C64H84N8O17/c1-5-6-9-29-88-46-24-20-41(21-25-46)39-12-10-38(11-13-39)40-14-16-43(17-15-40)57(81)65-47-32-49(77)62(89-30-28-70-26-7-8-27-70)69-61(85)53-54(78)35(2)33-72(53)64(87)51(37(4)74)67-60(84)52(56(80)55(79)42-18-22-44(75)23-19-42)68-59(83)48-31-45(76)34-71(48)63(86)50(36(3)73)66-58(47)82/h10-25,35-37,45,47-56,62,73-80H,5-9,26-34H2,1-4H3,(H,65,81)(H,66,82)(H,67,84)(H,68,83)(H,69,85)/t35-,36+,37+,45+,47-,48-,49+,50-,51-,52-,53-,54-,55-,56-,62+/m0/s1. The molecule has 0 spiro atoms. The van der Waals surface area contributed by atoms with E-state index in [0.29, 0.717) is 13.2 Å². The molecule has 4 aliphatic heterocycles. The van der Waals surface area contributed by atoms with Gasteiger partial charge in [0.25, 0.3) is 5.91 Å². The van der Waals surface area contributed by atoms with E-state index in [2.05, 4.69) is 38.4 Å². The van der Waals surface area contributed by atoms with Crippen LogP contribution in [0.5, 0.6) is 11.5 Å². The number of aliphatic hydroxyl groups is 7. The predicted molar refractivity (Wildman–Crippen MR) is 323 cm³/mol. The number of hydrogen-bond donors (Lipinski definition) is 13. The third-order valence-electron chi connectivity index (χ3n) is 16.9. The SMILES string of the molecule is CCCCCOc1ccc(-c2ccc(-c3ccc(C(=O)N[C@H]4C[C@@H](O)[C@@H](OCCN5CCCC5)NC(=O)[C@@H]5[C@@H](O)[C@@H](C)CN5C(=O)[C@H]([C@@H](C)O)NC(=O)[C@H]([C@H](O)[C@@H](O)c5ccc(O)cc5)NC(=O)[C@@H]5C[C@@H](O)CN5C(=O)[C@H]([C@@H](C)O)NC4=O)cc3)cc2)cc1.